The lowest BCUT2D eigenvalue weighted by atomic mass is 9.96. The van der Waals surface area contributed by atoms with Crippen LogP contribution in [0.15, 0.2) is 18.3 Å². The van der Waals surface area contributed by atoms with Crippen molar-refractivity contribution in [3.8, 4) is 11.3 Å². The van der Waals surface area contributed by atoms with Crippen LogP contribution in [0.3, 0.4) is 0 Å². The molecule has 2 aliphatic heterocycles. The lowest BCUT2D eigenvalue weighted by molar-refractivity contribution is -0.208. The van der Waals surface area contributed by atoms with Crippen molar-refractivity contribution in [2.75, 3.05) is 26.9 Å². The normalized spacial score (nSPS) is 30.6. The molecular formula is C24H29F3N4O8S. The van der Waals surface area contributed by atoms with E-state index in [1.165, 1.54) is 43.6 Å². The molecule has 12 nitrogen and oxygen atoms in total. The molecule has 3 heterocycles. The highest BCUT2D eigenvalue weighted by Gasteiger charge is 2.51. The summed E-state index contributed by atoms with van der Waals surface area (Å²) in [5.74, 6) is -5.74. The molecule has 3 N–H and O–H groups in total. The number of rotatable bonds is 8. The van der Waals surface area contributed by atoms with Crippen LogP contribution in [-0.4, -0.2) is 100 Å². The van der Waals surface area contributed by atoms with Gasteiger partial charge in [-0.15, -0.1) is 16.9 Å². The average Bonchev–Trinajstić information content (AvgIpc) is 3.38. The summed E-state index contributed by atoms with van der Waals surface area (Å²) >= 11 is 1.17. The van der Waals surface area contributed by atoms with Crippen molar-refractivity contribution in [3.05, 3.63) is 35.8 Å². The fourth-order valence-electron chi connectivity index (χ4n) is 4.57. The zero-order chi connectivity index (χ0) is 29.1. The fourth-order valence-corrected chi connectivity index (χ4v) is 6.09. The third-order valence-corrected chi connectivity index (χ3v) is 7.87. The van der Waals surface area contributed by atoms with E-state index >= 15 is 0 Å². The van der Waals surface area contributed by atoms with Crippen LogP contribution in [0, 0.1) is 17.5 Å². The lowest BCUT2D eigenvalue weighted by Gasteiger charge is -2.46. The number of nitrogens with zero attached hydrogens (tertiary/aromatic N) is 3. The SMILES string of the molecule is COC1C(SC2COCC(N)C2O)OC(COC(C)=O)C(OC(C)=O)C1n1cc(-c2cc(F)c(F)c(F)c2)nn1. The van der Waals surface area contributed by atoms with E-state index in [1.807, 2.05) is 0 Å². The van der Waals surface area contributed by atoms with E-state index in [0.717, 1.165) is 12.1 Å². The Balaban J connectivity index is 1.73. The molecule has 2 aromatic rings. The molecule has 2 aliphatic rings. The van der Waals surface area contributed by atoms with Crippen molar-refractivity contribution in [2.45, 2.75) is 61.0 Å². The number of aliphatic hydroxyl groups is 1. The Morgan fingerprint density at radius 3 is 2.50 bits per heavy atom. The Hall–Kier alpha value is -2.76. The standard InChI is InChI=1S/C24H29F3N4O8S/c1-10(32)37-8-17-22(38-11(2)33)20(23(35-3)24(39-17)40-18-9-36-7-15(28)21(18)34)31-6-16(29-30-31)12-4-13(25)19(27)14(26)5-12/h4-6,15,17-18,20-24,34H,7-9,28H2,1-3H3. The first kappa shape index (κ1) is 30.2. The van der Waals surface area contributed by atoms with Gasteiger partial charge in [0.15, 0.2) is 23.6 Å². The van der Waals surface area contributed by atoms with Gasteiger partial charge in [-0.05, 0) is 12.1 Å². The van der Waals surface area contributed by atoms with Crippen LogP contribution in [0.4, 0.5) is 13.2 Å². The van der Waals surface area contributed by atoms with Gasteiger partial charge < -0.3 is 34.5 Å². The number of aromatic nitrogens is 3. The molecule has 0 radical (unpaired) electrons. The quantitative estimate of drug-likeness (QED) is 0.332. The molecule has 40 heavy (non-hydrogen) atoms. The number of ether oxygens (including phenoxy) is 5. The second kappa shape index (κ2) is 12.8. The van der Waals surface area contributed by atoms with Crippen molar-refractivity contribution in [1.29, 1.82) is 0 Å². The van der Waals surface area contributed by atoms with Gasteiger partial charge in [-0.3, -0.25) is 9.59 Å². The van der Waals surface area contributed by atoms with E-state index < -0.39 is 76.6 Å². The van der Waals surface area contributed by atoms with Crippen molar-refractivity contribution in [2.24, 2.45) is 5.73 Å². The molecule has 4 rings (SSSR count). The Bertz CT molecular complexity index is 1200. The molecule has 8 atom stereocenters. The van der Waals surface area contributed by atoms with Gasteiger partial charge in [-0.25, -0.2) is 17.9 Å². The maximum Gasteiger partial charge on any atom is 0.303 e. The molecular weight excluding hydrogens is 561 g/mol. The number of esters is 2. The highest BCUT2D eigenvalue weighted by molar-refractivity contribution is 8.00. The van der Waals surface area contributed by atoms with E-state index in [9.17, 15) is 27.9 Å². The molecule has 2 saturated heterocycles. The molecule has 1 aromatic heterocycles. The average molecular weight is 591 g/mol. The largest absolute Gasteiger partial charge is 0.463 e. The van der Waals surface area contributed by atoms with Gasteiger partial charge in [-0.2, -0.15) is 0 Å². The number of thioether (sulfide) groups is 1. The van der Waals surface area contributed by atoms with E-state index in [1.54, 1.807) is 0 Å². The summed E-state index contributed by atoms with van der Waals surface area (Å²) in [5, 5.41) is 18.2. The first-order valence-corrected chi connectivity index (χ1v) is 13.2. The maximum absolute atomic E-state index is 13.9. The summed E-state index contributed by atoms with van der Waals surface area (Å²) in [6.07, 6.45) is -2.68. The maximum atomic E-state index is 13.9. The van der Waals surface area contributed by atoms with Gasteiger partial charge >= 0.3 is 11.9 Å². The van der Waals surface area contributed by atoms with Gasteiger partial charge in [-0.1, -0.05) is 5.21 Å². The summed E-state index contributed by atoms with van der Waals surface area (Å²) in [6.45, 7) is 2.41. The molecule has 0 amide bonds. The van der Waals surface area contributed by atoms with Gasteiger partial charge in [0, 0.05) is 26.5 Å². The van der Waals surface area contributed by atoms with Gasteiger partial charge in [0.25, 0.3) is 0 Å². The van der Waals surface area contributed by atoms with Crippen molar-refractivity contribution < 1.29 is 51.6 Å². The number of carbonyl (C=O) groups excluding carboxylic acids is 2. The molecule has 8 unspecified atom stereocenters. The zero-order valence-corrected chi connectivity index (χ0v) is 22.6. The number of aliphatic hydroxyl groups excluding tert-OH is 1. The Kier molecular flexibility index (Phi) is 9.68. The number of nitrogens with two attached hydrogens (primary N) is 1. The molecule has 0 saturated carbocycles. The number of hydrogen-bond donors (Lipinski definition) is 2. The van der Waals surface area contributed by atoms with Crippen LogP contribution in [-0.2, 0) is 33.3 Å². The predicted octanol–water partition coefficient (Wildman–Crippen LogP) is 0.958. The summed E-state index contributed by atoms with van der Waals surface area (Å²) in [5.41, 5.74) is 5.00. The van der Waals surface area contributed by atoms with E-state index in [4.69, 9.17) is 29.4 Å². The zero-order valence-electron chi connectivity index (χ0n) is 21.7. The highest BCUT2D eigenvalue weighted by atomic mass is 32.2. The van der Waals surface area contributed by atoms with Crippen LogP contribution >= 0.6 is 11.8 Å². The molecule has 220 valence electrons. The van der Waals surface area contributed by atoms with Crippen LogP contribution < -0.4 is 5.73 Å². The molecule has 0 bridgehead atoms. The van der Waals surface area contributed by atoms with E-state index in [2.05, 4.69) is 10.3 Å². The molecule has 2 fully saturated rings. The smallest absolute Gasteiger partial charge is 0.303 e. The molecule has 16 heteroatoms. The summed E-state index contributed by atoms with van der Waals surface area (Å²) in [4.78, 5) is 23.7. The molecule has 1 aromatic carbocycles. The Labute approximate surface area is 231 Å². The number of carbonyl (C=O) groups is 2. The minimum atomic E-state index is -1.63. The number of hydrogen-bond acceptors (Lipinski definition) is 12. The van der Waals surface area contributed by atoms with Gasteiger partial charge in [0.2, 0.25) is 0 Å². The first-order chi connectivity index (χ1) is 19.0. The minimum Gasteiger partial charge on any atom is -0.463 e. The third-order valence-electron chi connectivity index (χ3n) is 6.46. The van der Waals surface area contributed by atoms with Crippen molar-refractivity contribution in [1.82, 2.24) is 15.0 Å². The van der Waals surface area contributed by atoms with Gasteiger partial charge in [0.05, 0.1) is 36.8 Å². The number of benzene rings is 1. The van der Waals surface area contributed by atoms with E-state index in [-0.39, 0.29) is 31.1 Å². The summed E-state index contributed by atoms with van der Waals surface area (Å²) < 4.78 is 70.8. The summed E-state index contributed by atoms with van der Waals surface area (Å²) in [6, 6.07) is -0.0624. The number of methoxy groups -OCH3 is 1. The Morgan fingerprint density at radius 2 is 1.88 bits per heavy atom. The van der Waals surface area contributed by atoms with Crippen LogP contribution in [0.1, 0.15) is 19.9 Å². The van der Waals surface area contributed by atoms with Crippen LogP contribution in [0.25, 0.3) is 11.3 Å². The van der Waals surface area contributed by atoms with Crippen molar-refractivity contribution in [3.63, 3.8) is 0 Å². The highest BCUT2D eigenvalue weighted by Crippen LogP contribution is 2.41. The lowest BCUT2D eigenvalue weighted by Crippen LogP contribution is -2.59. The topological polar surface area (TPSA) is 157 Å². The Morgan fingerprint density at radius 1 is 1.18 bits per heavy atom. The first-order valence-electron chi connectivity index (χ1n) is 12.2. The second-order valence-corrected chi connectivity index (χ2v) is 10.7. The molecule has 0 spiro atoms. The monoisotopic (exact) mass is 590 g/mol. The van der Waals surface area contributed by atoms with Crippen LogP contribution in [0.2, 0.25) is 0 Å². The minimum absolute atomic E-state index is 0.0106. The summed E-state index contributed by atoms with van der Waals surface area (Å²) in [7, 11) is 1.38. The molecule has 0 aliphatic carbocycles. The second-order valence-electron chi connectivity index (χ2n) is 9.31. The van der Waals surface area contributed by atoms with Gasteiger partial charge in [0.1, 0.15) is 36.0 Å². The van der Waals surface area contributed by atoms with Crippen molar-refractivity contribution >= 4 is 23.7 Å². The number of halogens is 3. The third kappa shape index (κ3) is 6.58. The fraction of sp³-hybridized carbons (Fsp3) is 0.583. The van der Waals surface area contributed by atoms with Crippen LogP contribution in [0.5, 0.6) is 0 Å². The van der Waals surface area contributed by atoms with E-state index in [0.29, 0.717) is 0 Å². The predicted molar refractivity (Wildman–Crippen MR) is 132 cm³/mol.